The number of halogens is 3. The van der Waals surface area contributed by atoms with Gasteiger partial charge in [-0.25, -0.2) is 0 Å². The van der Waals surface area contributed by atoms with Gasteiger partial charge in [-0.3, -0.25) is 4.99 Å². The Kier molecular flexibility index (Phi) is 4.48. The molecule has 0 aliphatic rings. The number of nitrogens with zero attached hydrogens (tertiary/aromatic N) is 1. The molecule has 0 saturated carbocycles. The van der Waals surface area contributed by atoms with Gasteiger partial charge in [-0.1, -0.05) is 42.5 Å². The molecule has 1 aromatic carbocycles. The lowest BCUT2D eigenvalue weighted by Crippen LogP contribution is -2.08. The molecule has 0 unspecified atom stereocenters. The minimum Gasteiger partial charge on any atom is -0.252 e. The van der Waals surface area contributed by atoms with Crippen LogP contribution in [0, 0.1) is 6.92 Å². The normalized spacial score (nSPS) is 13.1. The van der Waals surface area contributed by atoms with E-state index < -0.39 is 11.9 Å². The van der Waals surface area contributed by atoms with Gasteiger partial charge in [0.1, 0.15) is 5.70 Å². The van der Waals surface area contributed by atoms with Crippen molar-refractivity contribution in [3.05, 3.63) is 53.7 Å². The van der Waals surface area contributed by atoms with Crippen molar-refractivity contribution in [2.75, 3.05) is 0 Å². The van der Waals surface area contributed by atoms with Gasteiger partial charge in [0.2, 0.25) is 0 Å². The second-order valence-corrected chi connectivity index (χ2v) is 3.81. The largest absolute Gasteiger partial charge is 0.432 e. The first-order valence-electron chi connectivity index (χ1n) is 5.38. The van der Waals surface area contributed by atoms with E-state index in [9.17, 15) is 13.2 Å². The Labute approximate surface area is 104 Å². The zero-order chi connectivity index (χ0) is 13.8. The van der Waals surface area contributed by atoms with Crippen LogP contribution in [0.1, 0.15) is 18.1 Å². The van der Waals surface area contributed by atoms with Gasteiger partial charge in [-0.2, -0.15) is 13.2 Å². The van der Waals surface area contributed by atoms with E-state index in [0.29, 0.717) is 5.57 Å². The lowest BCUT2D eigenvalue weighted by atomic mass is 10.1. The van der Waals surface area contributed by atoms with Gasteiger partial charge in [0.05, 0.1) is 0 Å². The summed E-state index contributed by atoms with van der Waals surface area (Å²) in [4.78, 5) is 3.35. The van der Waals surface area contributed by atoms with Gasteiger partial charge >= 0.3 is 6.18 Å². The predicted octanol–water partition coefficient (Wildman–Crippen LogP) is 4.55. The molecule has 1 rings (SSSR count). The monoisotopic (exact) mass is 253 g/mol. The Hall–Kier alpha value is -1.84. The molecule has 0 amide bonds. The van der Waals surface area contributed by atoms with E-state index in [1.807, 2.05) is 31.2 Å². The Morgan fingerprint density at radius 1 is 1.22 bits per heavy atom. The topological polar surface area (TPSA) is 12.4 Å². The first kappa shape index (κ1) is 14.2. The third-order valence-corrected chi connectivity index (χ3v) is 2.38. The summed E-state index contributed by atoms with van der Waals surface area (Å²) in [6.07, 6.45) is -1.60. The molecule has 0 aliphatic carbocycles. The average molecular weight is 253 g/mol. The SMILES string of the molecule is C=C(N=C/C(=C\C)c1ccc(C)cc1)C(F)(F)F. The minimum atomic E-state index is -4.48. The molecule has 0 fully saturated rings. The highest BCUT2D eigenvalue weighted by molar-refractivity contribution is 6.10. The summed E-state index contributed by atoms with van der Waals surface area (Å²) in [5.41, 5.74) is 1.43. The Morgan fingerprint density at radius 2 is 1.78 bits per heavy atom. The van der Waals surface area contributed by atoms with Crippen LogP contribution in [0.2, 0.25) is 0 Å². The molecule has 0 bridgehead atoms. The maximum absolute atomic E-state index is 12.2. The van der Waals surface area contributed by atoms with Gasteiger partial charge in [0.25, 0.3) is 0 Å². The second kappa shape index (κ2) is 5.67. The minimum absolute atomic E-state index is 0.625. The van der Waals surface area contributed by atoms with Crippen molar-refractivity contribution in [1.29, 1.82) is 0 Å². The highest BCUT2D eigenvalue weighted by Crippen LogP contribution is 2.25. The smallest absolute Gasteiger partial charge is 0.252 e. The van der Waals surface area contributed by atoms with Crippen LogP contribution in [0.3, 0.4) is 0 Å². The zero-order valence-electron chi connectivity index (χ0n) is 10.3. The van der Waals surface area contributed by atoms with E-state index in [1.54, 1.807) is 13.0 Å². The maximum Gasteiger partial charge on any atom is 0.432 e. The van der Waals surface area contributed by atoms with E-state index >= 15 is 0 Å². The third-order valence-electron chi connectivity index (χ3n) is 2.38. The zero-order valence-corrected chi connectivity index (χ0v) is 10.3. The van der Waals surface area contributed by atoms with E-state index in [1.165, 1.54) is 6.21 Å². The molecular formula is C14H14F3N. The molecule has 0 aliphatic heterocycles. The molecule has 0 radical (unpaired) electrons. The highest BCUT2D eigenvalue weighted by Gasteiger charge is 2.31. The molecule has 96 valence electrons. The van der Waals surface area contributed by atoms with Gasteiger partial charge in [-0.15, -0.1) is 0 Å². The van der Waals surface area contributed by atoms with Crippen LogP contribution in [0.4, 0.5) is 13.2 Å². The van der Waals surface area contributed by atoms with Gasteiger partial charge in [0.15, 0.2) is 0 Å². The molecule has 0 spiro atoms. The van der Waals surface area contributed by atoms with E-state index in [-0.39, 0.29) is 0 Å². The summed E-state index contributed by atoms with van der Waals surface area (Å²) in [6, 6.07) is 7.47. The Balaban J connectivity index is 2.91. The summed E-state index contributed by atoms with van der Waals surface area (Å²) < 4.78 is 36.7. The summed E-state index contributed by atoms with van der Waals surface area (Å²) in [5.74, 6) is 0. The molecule has 1 nitrogen and oxygen atoms in total. The number of hydrogen-bond acceptors (Lipinski definition) is 1. The molecule has 1 aromatic rings. The van der Waals surface area contributed by atoms with Crippen LogP contribution in [-0.4, -0.2) is 12.4 Å². The van der Waals surface area contributed by atoms with Crippen molar-refractivity contribution < 1.29 is 13.2 Å². The predicted molar refractivity (Wildman–Crippen MR) is 68.5 cm³/mol. The summed E-state index contributed by atoms with van der Waals surface area (Å²) in [5, 5.41) is 0. The van der Waals surface area contributed by atoms with Crippen LogP contribution in [-0.2, 0) is 0 Å². The highest BCUT2D eigenvalue weighted by atomic mass is 19.4. The van der Waals surface area contributed by atoms with Crippen LogP contribution >= 0.6 is 0 Å². The van der Waals surface area contributed by atoms with Crippen molar-refractivity contribution in [3.63, 3.8) is 0 Å². The Bertz CT molecular complexity index is 479. The van der Waals surface area contributed by atoms with E-state index in [4.69, 9.17) is 0 Å². The van der Waals surface area contributed by atoms with Crippen LogP contribution < -0.4 is 0 Å². The van der Waals surface area contributed by atoms with Crippen LogP contribution in [0.25, 0.3) is 5.57 Å². The molecule has 0 heterocycles. The fourth-order valence-corrected chi connectivity index (χ4v) is 1.28. The number of allylic oxidation sites excluding steroid dienone is 3. The van der Waals surface area contributed by atoms with Crippen LogP contribution in [0.15, 0.2) is 47.6 Å². The summed E-state index contributed by atoms with van der Waals surface area (Å²) in [6.45, 7) is 6.58. The number of aliphatic imine (C=N–C) groups is 1. The fourth-order valence-electron chi connectivity index (χ4n) is 1.28. The molecule has 4 heteroatoms. The quantitative estimate of drug-likeness (QED) is 0.701. The maximum atomic E-state index is 12.2. The molecule has 0 atom stereocenters. The summed E-state index contributed by atoms with van der Waals surface area (Å²) >= 11 is 0. The van der Waals surface area contributed by atoms with Gasteiger partial charge in [-0.05, 0) is 25.0 Å². The first-order valence-corrected chi connectivity index (χ1v) is 5.38. The van der Waals surface area contributed by atoms with Crippen molar-refractivity contribution in [2.24, 2.45) is 4.99 Å². The van der Waals surface area contributed by atoms with E-state index in [0.717, 1.165) is 11.1 Å². The number of alkyl halides is 3. The number of hydrogen-bond donors (Lipinski definition) is 0. The lowest BCUT2D eigenvalue weighted by Gasteiger charge is -2.05. The molecule has 0 saturated heterocycles. The molecular weight excluding hydrogens is 239 g/mol. The van der Waals surface area contributed by atoms with Crippen molar-refractivity contribution in [1.82, 2.24) is 0 Å². The standard InChI is InChI=1S/C14H14F3N/c1-4-12(9-18-11(3)14(15,16)17)13-7-5-10(2)6-8-13/h4-9H,3H2,1-2H3/b12-4+,18-9?. The lowest BCUT2D eigenvalue weighted by molar-refractivity contribution is -0.0918. The number of aryl methyl sites for hydroxylation is 1. The van der Waals surface area contributed by atoms with Crippen molar-refractivity contribution >= 4 is 11.8 Å². The number of rotatable bonds is 3. The van der Waals surface area contributed by atoms with Gasteiger partial charge < -0.3 is 0 Å². The number of benzene rings is 1. The first-order chi connectivity index (χ1) is 8.34. The fraction of sp³-hybridized carbons (Fsp3) is 0.214. The molecule has 18 heavy (non-hydrogen) atoms. The molecule has 0 aromatic heterocycles. The third kappa shape index (κ3) is 3.87. The molecule has 0 N–H and O–H groups in total. The average Bonchev–Trinajstić information content (AvgIpc) is 2.30. The van der Waals surface area contributed by atoms with Crippen molar-refractivity contribution in [3.8, 4) is 0 Å². The van der Waals surface area contributed by atoms with Crippen molar-refractivity contribution in [2.45, 2.75) is 20.0 Å². The Morgan fingerprint density at radius 3 is 2.22 bits per heavy atom. The second-order valence-electron chi connectivity index (χ2n) is 3.81. The van der Waals surface area contributed by atoms with Crippen LogP contribution in [0.5, 0.6) is 0 Å². The van der Waals surface area contributed by atoms with E-state index in [2.05, 4.69) is 11.6 Å². The van der Waals surface area contributed by atoms with Gasteiger partial charge in [0, 0.05) is 6.21 Å². The summed E-state index contributed by atoms with van der Waals surface area (Å²) in [7, 11) is 0.